The van der Waals surface area contributed by atoms with Crippen LogP contribution in [0, 0.1) is 0 Å². The van der Waals surface area contributed by atoms with Gasteiger partial charge in [0.2, 0.25) is 0 Å². The summed E-state index contributed by atoms with van der Waals surface area (Å²) in [6, 6.07) is 4.18. The molecule has 0 amide bonds. The van der Waals surface area contributed by atoms with Gasteiger partial charge in [-0.3, -0.25) is 0 Å². The third kappa shape index (κ3) is 4.06. The molecule has 1 nitrogen and oxygen atoms in total. The van der Waals surface area contributed by atoms with Gasteiger partial charge in [-0.25, -0.2) is 0 Å². The van der Waals surface area contributed by atoms with E-state index in [4.69, 9.17) is 0 Å². The van der Waals surface area contributed by atoms with Crippen molar-refractivity contribution < 1.29 is 4.48 Å². The molecule has 0 radical (unpaired) electrons. The van der Waals surface area contributed by atoms with Crippen LogP contribution >= 0.6 is 0 Å². The summed E-state index contributed by atoms with van der Waals surface area (Å²) in [5.74, 6) is 0. The predicted molar refractivity (Wildman–Crippen MR) is 119 cm³/mol. The lowest BCUT2D eigenvalue weighted by Gasteiger charge is -2.62. The van der Waals surface area contributed by atoms with Crippen molar-refractivity contribution in [3.05, 3.63) is 0 Å². The molecular formula is C24H48BN. The molecule has 0 unspecified atom stereocenters. The Kier molecular flexibility index (Phi) is 7.97. The number of hydrogen-bond acceptors (Lipinski definition) is 0. The minimum Gasteiger partial charge on any atom is -0.314 e. The second kappa shape index (κ2) is 9.99. The summed E-state index contributed by atoms with van der Waals surface area (Å²) in [6.45, 7) is 0. The number of rotatable bonds is 4. The van der Waals surface area contributed by atoms with Crippen molar-refractivity contribution in [3.8, 4) is 0 Å². The maximum atomic E-state index is 1.67. The van der Waals surface area contributed by atoms with E-state index in [0.29, 0.717) is 0 Å². The SMILES string of the molecule is C1CCC([N+](C2CCCCC2)(C2CCCCC2)C2CCCCC2)CC1.[BH4-]. The maximum Gasteiger partial charge on any atom is 0.0896 e. The quantitative estimate of drug-likeness (QED) is 0.446. The first kappa shape index (κ1) is 20.8. The Morgan fingerprint density at radius 3 is 0.692 bits per heavy atom. The Morgan fingerprint density at radius 2 is 0.500 bits per heavy atom. The average Bonchev–Trinajstić information content (AvgIpc) is 2.72. The Labute approximate surface area is 165 Å². The molecule has 2 heteroatoms. The second-order valence-corrected chi connectivity index (χ2v) is 10.1. The van der Waals surface area contributed by atoms with E-state index in [1.807, 2.05) is 0 Å². The van der Waals surface area contributed by atoms with Crippen molar-refractivity contribution in [2.45, 2.75) is 153 Å². The molecule has 0 aromatic rings. The van der Waals surface area contributed by atoms with E-state index in [2.05, 4.69) is 0 Å². The fourth-order valence-electron chi connectivity index (χ4n) is 7.90. The van der Waals surface area contributed by atoms with E-state index < -0.39 is 0 Å². The fraction of sp³-hybridized carbons (Fsp3) is 1.00. The van der Waals surface area contributed by atoms with Crippen LogP contribution in [0.4, 0.5) is 0 Å². The van der Waals surface area contributed by atoms with Gasteiger partial charge in [0.05, 0.1) is 24.2 Å². The van der Waals surface area contributed by atoms with E-state index in [0.717, 1.165) is 24.2 Å². The van der Waals surface area contributed by atoms with Crippen LogP contribution < -0.4 is 0 Å². The van der Waals surface area contributed by atoms with Crippen molar-refractivity contribution in [1.29, 1.82) is 0 Å². The van der Waals surface area contributed by atoms with Gasteiger partial charge in [0.15, 0.2) is 0 Å². The lowest BCUT2D eigenvalue weighted by molar-refractivity contribution is -1.02. The largest absolute Gasteiger partial charge is 0.314 e. The zero-order chi connectivity index (χ0) is 17.0. The van der Waals surface area contributed by atoms with Gasteiger partial charge in [-0.1, -0.05) is 34.1 Å². The molecule has 152 valence electrons. The number of nitrogens with zero attached hydrogens (tertiary/aromatic N) is 1. The summed E-state index contributed by atoms with van der Waals surface area (Å²) < 4.78 is 1.67. The standard InChI is InChI=1S/C24H44N.BH4/c1-5-13-21(14-6-1)25(22-15-7-2-8-16-22,23-17-9-3-10-18-23)24-19-11-4-12-20-24;/h21-24H,1-20H2;1H4/q+1;-1. The van der Waals surface area contributed by atoms with E-state index >= 15 is 0 Å². The highest BCUT2D eigenvalue weighted by atomic mass is 15.4. The molecule has 0 bridgehead atoms. The van der Waals surface area contributed by atoms with Crippen LogP contribution in [0.1, 0.15) is 128 Å². The summed E-state index contributed by atoms with van der Waals surface area (Å²) in [5, 5.41) is 0. The summed E-state index contributed by atoms with van der Waals surface area (Å²) in [4.78, 5) is 0. The highest BCUT2D eigenvalue weighted by Gasteiger charge is 2.53. The molecule has 0 heterocycles. The third-order valence-corrected chi connectivity index (χ3v) is 8.83. The highest BCUT2D eigenvalue weighted by Crippen LogP contribution is 2.47. The van der Waals surface area contributed by atoms with Crippen molar-refractivity contribution in [2.24, 2.45) is 0 Å². The predicted octanol–water partition coefficient (Wildman–Crippen LogP) is 5.68. The lowest BCUT2D eigenvalue weighted by atomic mass is 9.76. The third-order valence-electron chi connectivity index (χ3n) is 8.83. The molecule has 0 N–H and O–H groups in total. The van der Waals surface area contributed by atoms with Crippen molar-refractivity contribution in [2.75, 3.05) is 0 Å². The van der Waals surface area contributed by atoms with Gasteiger partial charge < -0.3 is 4.48 Å². The minimum absolute atomic E-state index is 0. The Morgan fingerprint density at radius 1 is 0.308 bits per heavy atom. The van der Waals surface area contributed by atoms with Crippen LogP contribution in [0.5, 0.6) is 0 Å². The number of hydrogen-bond donors (Lipinski definition) is 0. The summed E-state index contributed by atoms with van der Waals surface area (Å²) >= 11 is 0. The highest BCUT2D eigenvalue weighted by molar-refractivity contribution is 5.75. The van der Waals surface area contributed by atoms with Gasteiger partial charge in [0.1, 0.15) is 0 Å². The molecule has 0 aromatic heterocycles. The van der Waals surface area contributed by atoms with Crippen LogP contribution in [-0.4, -0.2) is 37.1 Å². The first-order valence-corrected chi connectivity index (χ1v) is 12.3. The molecule has 4 saturated carbocycles. The van der Waals surface area contributed by atoms with Crippen molar-refractivity contribution >= 4 is 8.41 Å². The fourth-order valence-corrected chi connectivity index (χ4v) is 7.90. The van der Waals surface area contributed by atoms with Gasteiger partial charge in [-0.2, -0.15) is 0 Å². The van der Waals surface area contributed by atoms with Crippen LogP contribution in [0.25, 0.3) is 0 Å². The lowest BCUT2D eigenvalue weighted by Crippen LogP contribution is -2.72. The smallest absolute Gasteiger partial charge is 0.0896 e. The second-order valence-electron chi connectivity index (χ2n) is 10.1. The van der Waals surface area contributed by atoms with Crippen LogP contribution in [0.3, 0.4) is 0 Å². The Bertz CT molecular complexity index is 308. The Hall–Kier alpha value is 0.0249. The Balaban J connectivity index is 0.00000196. The molecule has 4 aliphatic rings. The molecular weight excluding hydrogens is 313 g/mol. The maximum absolute atomic E-state index is 1.67. The van der Waals surface area contributed by atoms with E-state index in [-0.39, 0.29) is 8.41 Å². The average molecular weight is 361 g/mol. The first-order valence-electron chi connectivity index (χ1n) is 12.3. The van der Waals surface area contributed by atoms with Gasteiger partial charge in [-0.15, -0.1) is 0 Å². The normalized spacial score (nSPS) is 28.6. The van der Waals surface area contributed by atoms with Crippen molar-refractivity contribution in [3.63, 3.8) is 0 Å². The molecule has 4 fully saturated rings. The molecule has 26 heavy (non-hydrogen) atoms. The van der Waals surface area contributed by atoms with E-state index in [1.165, 1.54) is 77.0 Å². The van der Waals surface area contributed by atoms with Crippen LogP contribution in [-0.2, 0) is 0 Å². The molecule has 0 aromatic carbocycles. The molecule has 0 spiro atoms. The number of quaternary nitrogens is 1. The minimum atomic E-state index is 0. The van der Waals surface area contributed by atoms with Crippen LogP contribution in [0.2, 0.25) is 0 Å². The molecule has 0 atom stereocenters. The first-order chi connectivity index (χ1) is 12.4. The molecule has 0 saturated heterocycles. The van der Waals surface area contributed by atoms with E-state index in [9.17, 15) is 0 Å². The zero-order valence-corrected chi connectivity index (χ0v) is 16.9. The van der Waals surface area contributed by atoms with E-state index in [1.54, 1.807) is 55.8 Å². The summed E-state index contributed by atoms with van der Waals surface area (Å²) in [6.07, 6.45) is 31.0. The van der Waals surface area contributed by atoms with Gasteiger partial charge in [0.25, 0.3) is 0 Å². The summed E-state index contributed by atoms with van der Waals surface area (Å²) in [7, 11) is 0. The monoisotopic (exact) mass is 361 g/mol. The summed E-state index contributed by atoms with van der Waals surface area (Å²) in [5.41, 5.74) is 0. The molecule has 4 rings (SSSR count). The van der Waals surface area contributed by atoms with Gasteiger partial charge in [0, 0.05) is 0 Å². The van der Waals surface area contributed by atoms with Gasteiger partial charge >= 0.3 is 0 Å². The van der Waals surface area contributed by atoms with Crippen LogP contribution in [0.15, 0.2) is 0 Å². The molecule has 4 aliphatic carbocycles. The molecule has 0 aliphatic heterocycles. The zero-order valence-electron chi connectivity index (χ0n) is 16.9. The van der Waals surface area contributed by atoms with Crippen molar-refractivity contribution in [1.82, 2.24) is 0 Å². The topological polar surface area (TPSA) is 0 Å². The van der Waals surface area contributed by atoms with Gasteiger partial charge in [-0.05, 0) is 103 Å².